The number of carbonyl (C=O) groups excluding carboxylic acids is 2. The number of nitrogens with zero attached hydrogens (tertiary/aromatic N) is 1. The highest BCUT2D eigenvalue weighted by Crippen LogP contribution is 2.27. The molecular formula is C13H21N5O2S. The van der Waals surface area contributed by atoms with Gasteiger partial charge in [-0.15, -0.1) is 0 Å². The number of anilines is 2. The molecule has 1 aliphatic rings. The van der Waals surface area contributed by atoms with Crippen LogP contribution in [-0.4, -0.2) is 34.3 Å². The third-order valence-corrected chi connectivity index (χ3v) is 3.82. The summed E-state index contributed by atoms with van der Waals surface area (Å²) in [6.45, 7) is 5.48. The first kappa shape index (κ1) is 15.6. The Balaban J connectivity index is 2.05. The van der Waals surface area contributed by atoms with E-state index >= 15 is 0 Å². The van der Waals surface area contributed by atoms with E-state index in [4.69, 9.17) is 5.73 Å². The Bertz CT molecular complexity index is 539. The van der Waals surface area contributed by atoms with Gasteiger partial charge in [0, 0.05) is 12.1 Å². The molecule has 2 rings (SSSR count). The fourth-order valence-electron chi connectivity index (χ4n) is 1.77. The minimum absolute atomic E-state index is 0.000221. The van der Waals surface area contributed by atoms with Gasteiger partial charge >= 0.3 is 0 Å². The minimum atomic E-state index is -0.448. The van der Waals surface area contributed by atoms with Gasteiger partial charge in [0.15, 0.2) is 5.82 Å². The average Bonchev–Trinajstić information content (AvgIpc) is 3.11. The fraction of sp³-hybridized carbons (Fsp3) is 0.615. The molecule has 1 aromatic rings. The van der Waals surface area contributed by atoms with Crippen LogP contribution in [0.5, 0.6) is 0 Å². The van der Waals surface area contributed by atoms with Gasteiger partial charge in [0.2, 0.25) is 5.91 Å². The van der Waals surface area contributed by atoms with E-state index in [1.165, 1.54) is 0 Å². The van der Waals surface area contributed by atoms with Crippen molar-refractivity contribution in [3.8, 4) is 0 Å². The van der Waals surface area contributed by atoms with Gasteiger partial charge in [-0.05, 0) is 45.1 Å². The van der Waals surface area contributed by atoms with Gasteiger partial charge in [-0.1, -0.05) is 0 Å². The molecule has 1 fully saturated rings. The van der Waals surface area contributed by atoms with Crippen LogP contribution in [0.3, 0.4) is 0 Å². The lowest BCUT2D eigenvalue weighted by molar-refractivity contribution is -0.121. The van der Waals surface area contributed by atoms with Crippen LogP contribution in [0.4, 0.5) is 10.8 Å². The van der Waals surface area contributed by atoms with Gasteiger partial charge in [0.1, 0.15) is 16.6 Å². The predicted octanol–water partition coefficient (Wildman–Crippen LogP) is 0.942. The molecule has 1 aliphatic carbocycles. The third-order valence-electron chi connectivity index (χ3n) is 3.03. The number of nitrogen functional groups attached to an aromatic ring is 1. The van der Waals surface area contributed by atoms with Crippen LogP contribution in [0.1, 0.15) is 44.0 Å². The Labute approximate surface area is 127 Å². The maximum absolute atomic E-state index is 12.1. The summed E-state index contributed by atoms with van der Waals surface area (Å²) in [6, 6.07) is -0.145. The standard InChI is InChI=1S/C13H21N5O2S/c1-6(2)15-12(20)9-10(14)18-21-13(9)16-7(3)11(19)17-8-4-5-8/h6-8,16H,4-5H2,1-3H3,(H2,14,18)(H,15,20)(H,17,19). The van der Waals surface area contributed by atoms with Gasteiger partial charge in [-0.2, -0.15) is 4.37 Å². The van der Waals surface area contributed by atoms with Crippen molar-refractivity contribution in [3.63, 3.8) is 0 Å². The van der Waals surface area contributed by atoms with Crippen molar-refractivity contribution in [2.45, 2.75) is 51.7 Å². The van der Waals surface area contributed by atoms with Crippen LogP contribution < -0.4 is 21.7 Å². The van der Waals surface area contributed by atoms with Gasteiger partial charge in [0.05, 0.1) is 0 Å². The van der Waals surface area contributed by atoms with Crippen LogP contribution in [-0.2, 0) is 4.79 Å². The Kier molecular flexibility index (Phi) is 4.66. The van der Waals surface area contributed by atoms with Gasteiger partial charge < -0.3 is 21.7 Å². The molecule has 1 atom stereocenters. The molecule has 0 saturated heterocycles. The van der Waals surface area contributed by atoms with E-state index in [9.17, 15) is 9.59 Å². The third kappa shape index (κ3) is 4.07. The minimum Gasteiger partial charge on any atom is -0.382 e. The summed E-state index contributed by atoms with van der Waals surface area (Å²) in [5.74, 6) is -0.191. The number of nitrogens with two attached hydrogens (primary N) is 1. The second-order valence-corrected chi connectivity index (χ2v) is 6.32. The Morgan fingerprint density at radius 2 is 2.00 bits per heavy atom. The second kappa shape index (κ2) is 6.30. The number of carbonyl (C=O) groups is 2. The molecule has 116 valence electrons. The van der Waals surface area contributed by atoms with Crippen molar-refractivity contribution in [1.29, 1.82) is 0 Å². The van der Waals surface area contributed by atoms with E-state index in [1.807, 2.05) is 13.8 Å². The molecule has 0 aromatic carbocycles. The Morgan fingerprint density at radius 1 is 1.33 bits per heavy atom. The van der Waals surface area contributed by atoms with Crippen LogP contribution in [0.15, 0.2) is 0 Å². The van der Waals surface area contributed by atoms with Crippen LogP contribution >= 0.6 is 11.5 Å². The van der Waals surface area contributed by atoms with Crippen LogP contribution in [0.2, 0.25) is 0 Å². The highest BCUT2D eigenvalue weighted by molar-refractivity contribution is 7.11. The van der Waals surface area contributed by atoms with Crippen molar-refractivity contribution in [2.75, 3.05) is 11.1 Å². The van der Waals surface area contributed by atoms with E-state index in [0.717, 1.165) is 24.4 Å². The summed E-state index contributed by atoms with van der Waals surface area (Å²) in [4.78, 5) is 24.1. The molecule has 1 unspecified atom stereocenters. The molecule has 0 bridgehead atoms. The summed E-state index contributed by atoms with van der Waals surface area (Å²) >= 11 is 1.08. The van der Waals surface area contributed by atoms with Gasteiger partial charge in [-0.3, -0.25) is 9.59 Å². The summed E-state index contributed by atoms with van der Waals surface area (Å²) in [6.07, 6.45) is 2.07. The molecule has 0 radical (unpaired) electrons. The molecule has 21 heavy (non-hydrogen) atoms. The van der Waals surface area contributed by atoms with E-state index in [2.05, 4.69) is 20.3 Å². The molecule has 0 spiro atoms. The first-order valence-electron chi connectivity index (χ1n) is 7.01. The zero-order valence-corrected chi connectivity index (χ0v) is 13.2. The lowest BCUT2D eigenvalue weighted by atomic mass is 10.2. The molecule has 7 nitrogen and oxygen atoms in total. The fourth-order valence-corrected chi connectivity index (χ4v) is 2.57. The highest BCUT2D eigenvalue weighted by atomic mass is 32.1. The average molecular weight is 311 g/mol. The maximum Gasteiger partial charge on any atom is 0.258 e. The number of hydrogen-bond donors (Lipinski definition) is 4. The number of aromatic nitrogens is 1. The monoisotopic (exact) mass is 311 g/mol. The summed E-state index contributed by atoms with van der Waals surface area (Å²) in [7, 11) is 0. The van der Waals surface area contributed by atoms with Crippen molar-refractivity contribution >= 4 is 34.2 Å². The topological polar surface area (TPSA) is 109 Å². The predicted molar refractivity (Wildman–Crippen MR) is 83.4 cm³/mol. The van der Waals surface area contributed by atoms with E-state index in [1.54, 1.807) is 6.92 Å². The molecular weight excluding hydrogens is 290 g/mol. The molecule has 0 aliphatic heterocycles. The molecule has 1 aromatic heterocycles. The van der Waals surface area contributed by atoms with Crippen molar-refractivity contribution in [1.82, 2.24) is 15.0 Å². The maximum atomic E-state index is 12.1. The van der Waals surface area contributed by atoms with Crippen LogP contribution in [0, 0.1) is 0 Å². The number of nitrogens with one attached hydrogen (secondary N) is 3. The molecule has 1 heterocycles. The van der Waals surface area contributed by atoms with Crippen LogP contribution in [0.25, 0.3) is 0 Å². The van der Waals surface area contributed by atoms with E-state index in [0.29, 0.717) is 16.6 Å². The van der Waals surface area contributed by atoms with Crippen molar-refractivity contribution < 1.29 is 9.59 Å². The number of hydrogen-bond acceptors (Lipinski definition) is 6. The largest absolute Gasteiger partial charge is 0.382 e. The summed E-state index contributed by atoms with van der Waals surface area (Å²) in [5, 5.41) is 9.23. The Morgan fingerprint density at radius 3 is 2.57 bits per heavy atom. The molecule has 1 saturated carbocycles. The highest BCUT2D eigenvalue weighted by Gasteiger charge is 2.27. The lowest BCUT2D eigenvalue weighted by Gasteiger charge is -2.15. The quantitative estimate of drug-likeness (QED) is 0.625. The molecule has 2 amide bonds. The first-order chi connectivity index (χ1) is 9.88. The molecule has 5 N–H and O–H groups in total. The second-order valence-electron chi connectivity index (χ2n) is 5.55. The lowest BCUT2D eigenvalue weighted by Crippen LogP contribution is -2.39. The van der Waals surface area contributed by atoms with Gasteiger partial charge in [0.25, 0.3) is 5.91 Å². The molecule has 8 heteroatoms. The number of amides is 2. The van der Waals surface area contributed by atoms with Crippen molar-refractivity contribution in [3.05, 3.63) is 5.56 Å². The SMILES string of the molecule is CC(C)NC(=O)c1c(N)nsc1NC(C)C(=O)NC1CC1. The summed E-state index contributed by atoms with van der Waals surface area (Å²) in [5.41, 5.74) is 6.06. The normalized spacial score (nSPS) is 15.6. The zero-order chi connectivity index (χ0) is 15.6. The van der Waals surface area contributed by atoms with E-state index in [-0.39, 0.29) is 23.7 Å². The first-order valence-corrected chi connectivity index (χ1v) is 7.78. The Hall–Kier alpha value is -1.83. The van der Waals surface area contributed by atoms with Crippen molar-refractivity contribution in [2.24, 2.45) is 0 Å². The summed E-state index contributed by atoms with van der Waals surface area (Å²) < 4.78 is 4.00. The van der Waals surface area contributed by atoms with E-state index < -0.39 is 6.04 Å². The smallest absolute Gasteiger partial charge is 0.258 e. The zero-order valence-electron chi connectivity index (χ0n) is 12.4. The van der Waals surface area contributed by atoms with Gasteiger partial charge in [-0.25, -0.2) is 0 Å². The number of rotatable bonds is 6.